The molecule has 16 heavy (non-hydrogen) atoms. The maximum absolute atomic E-state index is 11.7. The molecule has 3 nitrogen and oxygen atoms in total. The second kappa shape index (κ2) is 4.31. The molecule has 0 atom stereocenters. The van der Waals surface area contributed by atoms with E-state index < -0.39 is 5.97 Å². The third-order valence-corrected chi connectivity index (χ3v) is 2.50. The number of fused-ring (bicyclic) bond motifs is 1. The van der Waals surface area contributed by atoms with Gasteiger partial charge >= 0.3 is 5.97 Å². The molecule has 0 N–H and O–H groups in total. The van der Waals surface area contributed by atoms with Gasteiger partial charge in [0.2, 0.25) is 0 Å². The van der Waals surface area contributed by atoms with Crippen LogP contribution in [0.1, 0.15) is 18.1 Å². The van der Waals surface area contributed by atoms with Crippen LogP contribution in [-0.2, 0) is 20.7 Å². The number of hydrogen-bond donors (Lipinski definition) is 0. The van der Waals surface area contributed by atoms with E-state index >= 15 is 0 Å². The largest absolute Gasteiger partial charge is 0.462 e. The van der Waals surface area contributed by atoms with E-state index in [-0.39, 0.29) is 24.4 Å². The van der Waals surface area contributed by atoms with Gasteiger partial charge in [-0.05, 0) is 24.1 Å². The second-order valence-corrected chi connectivity index (χ2v) is 3.58. The van der Waals surface area contributed by atoms with Gasteiger partial charge in [0.1, 0.15) is 5.57 Å². The van der Waals surface area contributed by atoms with Crippen molar-refractivity contribution in [1.82, 2.24) is 0 Å². The molecule has 0 unspecified atom stereocenters. The third-order valence-electron chi connectivity index (χ3n) is 2.50. The fraction of sp³-hybridized carbons (Fsp3) is 0.231. The van der Waals surface area contributed by atoms with Crippen molar-refractivity contribution >= 4 is 17.8 Å². The zero-order chi connectivity index (χ0) is 11.5. The summed E-state index contributed by atoms with van der Waals surface area (Å²) in [6.07, 6.45) is 1.89. The topological polar surface area (TPSA) is 43.4 Å². The standard InChI is InChI=1S/C13H12O3/c1-2-16-13(15)11-7-9-5-3-4-6-10(9)8-12(11)14/h3-7H,2,8H2,1H3. The van der Waals surface area contributed by atoms with Crippen molar-refractivity contribution in [2.45, 2.75) is 13.3 Å². The first-order valence-electron chi connectivity index (χ1n) is 5.22. The fourth-order valence-electron chi connectivity index (χ4n) is 1.72. The van der Waals surface area contributed by atoms with Gasteiger partial charge in [0.15, 0.2) is 5.78 Å². The molecule has 2 rings (SSSR count). The minimum atomic E-state index is -0.526. The smallest absolute Gasteiger partial charge is 0.341 e. The highest BCUT2D eigenvalue weighted by atomic mass is 16.5. The van der Waals surface area contributed by atoms with Crippen molar-refractivity contribution in [3.8, 4) is 0 Å². The molecule has 1 aliphatic carbocycles. The van der Waals surface area contributed by atoms with Crippen LogP contribution in [0, 0.1) is 0 Å². The lowest BCUT2D eigenvalue weighted by molar-refractivity contribution is -0.139. The molecule has 0 heterocycles. The third kappa shape index (κ3) is 1.89. The van der Waals surface area contributed by atoms with Gasteiger partial charge in [-0.15, -0.1) is 0 Å². The van der Waals surface area contributed by atoms with Gasteiger partial charge in [-0.1, -0.05) is 24.3 Å². The molecular weight excluding hydrogens is 204 g/mol. The first kappa shape index (κ1) is 10.6. The van der Waals surface area contributed by atoms with Crippen LogP contribution in [-0.4, -0.2) is 18.4 Å². The molecule has 0 aliphatic heterocycles. The predicted octanol–water partition coefficient (Wildman–Crippen LogP) is 1.76. The zero-order valence-corrected chi connectivity index (χ0v) is 9.03. The van der Waals surface area contributed by atoms with Crippen LogP contribution in [0.3, 0.4) is 0 Å². The summed E-state index contributed by atoms with van der Waals surface area (Å²) in [5.41, 5.74) is 2.03. The van der Waals surface area contributed by atoms with E-state index in [0.29, 0.717) is 0 Å². The number of benzene rings is 1. The van der Waals surface area contributed by atoms with E-state index in [4.69, 9.17) is 4.74 Å². The van der Waals surface area contributed by atoms with Crippen LogP contribution in [0.15, 0.2) is 29.8 Å². The maximum atomic E-state index is 11.7. The first-order valence-corrected chi connectivity index (χ1v) is 5.22. The summed E-state index contributed by atoms with van der Waals surface area (Å²) in [6, 6.07) is 7.55. The highest BCUT2D eigenvalue weighted by molar-refractivity contribution is 6.22. The monoisotopic (exact) mass is 216 g/mol. The fourth-order valence-corrected chi connectivity index (χ4v) is 1.72. The highest BCUT2D eigenvalue weighted by Gasteiger charge is 2.24. The average Bonchev–Trinajstić information content (AvgIpc) is 2.28. The van der Waals surface area contributed by atoms with Crippen LogP contribution in [0.2, 0.25) is 0 Å². The lowest BCUT2D eigenvalue weighted by Crippen LogP contribution is -2.20. The molecule has 0 amide bonds. The molecule has 82 valence electrons. The molecule has 0 saturated carbocycles. The molecule has 0 radical (unpaired) electrons. The molecule has 0 bridgehead atoms. The number of ketones is 1. The summed E-state index contributed by atoms with van der Waals surface area (Å²) in [6.45, 7) is 2.00. The van der Waals surface area contributed by atoms with Crippen LogP contribution in [0.4, 0.5) is 0 Å². The predicted molar refractivity (Wildman–Crippen MR) is 59.8 cm³/mol. The second-order valence-electron chi connectivity index (χ2n) is 3.58. The van der Waals surface area contributed by atoms with E-state index in [9.17, 15) is 9.59 Å². The number of ether oxygens (including phenoxy) is 1. The Hall–Kier alpha value is -1.90. The van der Waals surface area contributed by atoms with Crippen LogP contribution in [0.25, 0.3) is 6.08 Å². The number of rotatable bonds is 2. The molecule has 3 heteroatoms. The summed E-state index contributed by atoms with van der Waals surface area (Å²) < 4.78 is 4.84. The van der Waals surface area contributed by atoms with Crippen molar-refractivity contribution in [3.05, 3.63) is 41.0 Å². The number of esters is 1. The molecule has 0 saturated heterocycles. The minimum absolute atomic E-state index is 0.153. The highest BCUT2D eigenvalue weighted by Crippen LogP contribution is 2.22. The first-order chi connectivity index (χ1) is 7.72. The number of hydrogen-bond acceptors (Lipinski definition) is 3. The van der Waals surface area contributed by atoms with Gasteiger partial charge in [-0.3, -0.25) is 4.79 Å². The van der Waals surface area contributed by atoms with E-state index in [2.05, 4.69) is 0 Å². The van der Waals surface area contributed by atoms with Crippen LogP contribution < -0.4 is 0 Å². The molecule has 0 spiro atoms. The lowest BCUT2D eigenvalue weighted by atomic mass is 9.91. The SMILES string of the molecule is CCOC(=O)C1=Cc2ccccc2CC1=O. The number of carbonyl (C=O) groups excluding carboxylic acids is 2. The maximum Gasteiger partial charge on any atom is 0.341 e. The summed E-state index contributed by atoms with van der Waals surface area (Å²) in [7, 11) is 0. The van der Waals surface area contributed by atoms with E-state index in [1.165, 1.54) is 0 Å². The molecule has 0 fully saturated rings. The van der Waals surface area contributed by atoms with Crippen molar-refractivity contribution in [1.29, 1.82) is 0 Å². The van der Waals surface area contributed by atoms with Gasteiger partial charge in [-0.25, -0.2) is 4.79 Å². The molecule has 1 aromatic carbocycles. The Labute approximate surface area is 93.7 Å². The molecule has 1 aliphatic rings. The Kier molecular flexibility index (Phi) is 2.86. The molecule has 1 aromatic rings. The summed E-state index contributed by atoms with van der Waals surface area (Å²) in [5, 5.41) is 0. The van der Waals surface area contributed by atoms with Crippen molar-refractivity contribution in [2.75, 3.05) is 6.61 Å². The average molecular weight is 216 g/mol. The van der Waals surface area contributed by atoms with Crippen LogP contribution >= 0.6 is 0 Å². The van der Waals surface area contributed by atoms with Crippen LogP contribution in [0.5, 0.6) is 0 Å². The number of Topliss-reactive ketones (excluding diaryl/α,β-unsaturated/α-hetero) is 1. The Bertz CT molecular complexity index is 472. The van der Waals surface area contributed by atoms with Crippen molar-refractivity contribution < 1.29 is 14.3 Å². The van der Waals surface area contributed by atoms with Gasteiger partial charge in [0, 0.05) is 6.42 Å². The zero-order valence-electron chi connectivity index (χ0n) is 9.03. The Morgan fingerprint density at radius 3 is 2.88 bits per heavy atom. The van der Waals surface area contributed by atoms with E-state index in [0.717, 1.165) is 11.1 Å². The lowest BCUT2D eigenvalue weighted by Gasteiger charge is -2.14. The van der Waals surface area contributed by atoms with Gasteiger partial charge < -0.3 is 4.74 Å². The normalized spacial score (nSPS) is 14.1. The molecular formula is C13H12O3. The van der Waals surface area contributed by atoms with E-state index in [1.807, 2.05) is 24.3 Å². The van der Waals surface area contributed by atoms with Gasteiger partial charge in [0.25, 0.3) is 0 Å². The van der Waals surface area contributed by atoms with Gasteiger partial charge in [-0.2, -0.15) is 0 Å². The minimum Gasteiger partial charge on any atom is -0.462 e. The summed E-state index contributed by atoms with van der Waals surface area (Å²) >= 11 is 0. The van der Waals surface area contributed by atoms with Gasteiger partial charge in [0.05, 0.1) is 6.61 Å². The Morgan fingerprint density at radius 1 is 1.38 bits per heavy atom. The summed E-state index contributed by atoms with van der Waals surface area (Å²) in [4.78, 5) is 23.2. The Morgan fingerprint density at radius 2 is 2.12 bits per heavy atom. The van der Waals surface area contributed by atoms with Crippen molar-refractivity contribution in [2.24, 2.45) is 0 Å². The van der Waals surface area contributed by atoms with Crippen molar-refractivity contribution in [3.63, 3.8) is 0 Å². The number of carbonyl (C=O) groups is 2. The molecule has 0 aromatic heterocycles. The Balaban J connectivity index is 2.37. The van der Waals surface area contributed by atoms with E-state index in [1.54, 1.807) is 13.0 Å². The summed E-state index contributed by atoms with van der Waals surface area (Å²) in [5.74, 6) is -0.695. The quantitative estimate of drug-likeness (QED) is 0.559.